The van der Waals surface area contributed by atoms with Gasteiger partial charge in [-0.2, -0.15) is 5.10 Å². The van der Waals surface area contributed by atoms with Crippen LogP contribution in [-0.2, 0) is 7.05 Å². The van der Waals surface area contributed by atoms with Crippen molar-refractivity contribution < 1.29 is 14.1 Å². The summed E-state index contributed by atoms with van der Waals surface area (Å²) in [6, 6.07) is 18.6. The molecule has 2 aromatic carbocycles. The van der Waals surface area contributed by atoms with Gasteiger partial charge in [0.05, 0.1) is 35.6 Å². The molecule has 0 saturated heterocycles. The van der Waals surface area contributed by atoms with E-state index < -0.39 is 0 Å². The van der Waals surface area contributed by atoms with E-state index in [4.69, 9.17) is 14.2 Å². The van der Waals surface area contributed by atoms with Gasteiger partial charge < -0.3 is 14.6 Å². The molecular formula is C25H21N5O3. The van der Waals surface area contributed by atoms with Gasteiger partial charge in [-0.15, -0.1) is 0 Å². The lowest BCUT2D eigenvalue weighted by Gasteiger charge is -2.11. The van der Waals surface area contributed by atoms with Crippen LogP contribution in [0.4, 0.5) is 5.69 Å². The zero-order valence-corrected chi connectivity index (χ0v) is 18.4. The number of fused-ring (bicyclic) bond motifs is 1. The first-order valence-electron chi connectivity index (χ1n) is 10.3. The average Bonchev–Trinajstić information content (AvgIpc) is 3.47. The molecule has 5 aromatic rings. The van der Waals surface area contributed by atoms with Crippen LogP contribution in [0.2, 0.25) is 0 Å². The van der Waals surface area contributed by atoms with Gasteiger partial charge in [0.2, 0.25) is 0 Å². The fourth-order valence-electron chi connectivity index (χ4n) is 3.87. The third-order valence-corrected chi connectivity index (χ3v) is 5.42. The lowest BCUT2D eigenvalue weighted by atomic mass is 10.0. The van der Waals surface area contributed by atoms with Crippen LogP contribution >= 0.6 is 0 Å². The van der Waals surface area contributed by atoms with Gasteiger partial charge in [-0.1, -0.05) is 29.4 Å². The van der Waals surface area contributed by atoms with Gasteiger partial charge in [-0.3, -0.25) is 9.48 Å². The molecular weight excluding hydrogens is 418 g/mol. The topological polar surface area (TPSA) is 95.1 Å². The largest absolute Gasteiger partial charge is 0.497 e. The number of hydrogen-bond acceptors (Lipinski definition) is 6. The number of nitrogens with one attached hydrogen (secondary N) is 1. The van der Waals surface area contributed by atoms with Gasteiger partial charge in [-0.05, 0) is 37.3 Å². The van der Waals surface area contributed by atoms with Crippen molar-refractivity contribution in [1.29, 1.82) is 0 Å². The number of benzene rings is 2. The number of amides is 1. The Morgan fingerprint density at radius 2 is 1.88 bits per heavy atom. The SMILES string of the molecule is COc1cccc(-c2cc(C(=O)Nc3cccc(-c4ccno4)c3)c3c(C)nn(C)c3n2)c1. The van der Waals surface area contributed by atoms with Crippen LogP contribution in [0.25, 0.3) is 33.6 Å². The molecule has 0 aliphatic heterocycles. The van der Waals surface area contributed by atoms with E-state index in [1.807, 2.05) is 62.5 Å². The molecule has 0 saturated carbocycles. The fourth-order valence-corrected chi connectivity index (χ4v) is 3.87. The minimum atomic E-state index is -0.252. The fraction of sp³-hybridized carbons (Fsp3) is 0.120. The van der Waals surface area contributed by atoms with Crippen molar-refractivity contribution in [3.05, 3.63) is 78.1 Å². The number of aryl methyl sites for hydroxylation is 2. The van der Waals surface area contributed by atoms with Crippen molar-refractivity contribution in [3.63, 3.8) is 0 Å². The van der Waals surface area contributed by atoms with Gasteiger partial charge in [0, 0.05) is 29.9 Å². The molecule has 0 fully saturated rings. The van der Waals surface area contributed by atoms with Crippen LogP contribution in [0.5, 0.6) is 5.75 Å². The summed E-state index contributed by atoms with van der Waals surface area (Å²) in [5, 5.41) is 11.9. The molecule has 8 nitrogen and oxygen atoms in total. The summed E-state index contributed by atoms with van der Waals surface area (Å²) in [5.74, 6) is 1.09. The molecule has 1 N–H and O–H groups in total. The third kappa shape index (κ3) is 3.82. The summed E-state index contributed by atoms with van der Waals surface area (Å²) in [6.45, 7) is 1.87. The number of pyridine rings is 1. The Morgan fingerprint density at radius 1 is 1.06 bits per heavy atom. The minimum absolute atomic E-state index is 0.252. The van der Waals surface area contributed by atoms with Gasteiger partial charge in [0.15, 0.2) is 11.4 Å². The van der Waals surface area contributed by atoms with Gasteiger partial charge in [0.25, 0.3) is 5.91 Å². The van der Waals surface area contributed by atoms with Crippen LogP contribution in [0.15, 0.2) is 71.4 Å². The highest BCUT2D eigenvalue weighted by Crippen LogP contribution is 2.30. The summed E-state index contributed by atoms with van der Waals surface area (Å²) in [5.41, 5.74) is 4.82. The molecule has 5 rings (SSSR count). The Balaban J connectivity index is 1.58. The number of hydrogen-bond donors (Lipinski definition) is 1. The van der Waals surface area contributed by atoms with E-state index in [0.29, 0.717) is 39.5 Å². The molecule has 1 amide bonds. The van der Waals surface area contributed by atoms with E-state index in [1.165, 1.54) is 0 Å². The summed E-state index contributed by atoms with van der Waals surface area (Å²) in [6.07, 6.45) is 1.58. The Hall–Kier alpha value is -4.46. The molecule has 8 heteroatoms. The molecule has 33 heavy (non-hydrogen) atoms. The Labute approximate surface area is 189 Å². The molecule has 0 aliphatic rings. The first kappa shape index (κ1) is 20.4. The van der Waals surface area contributed by atoms with Gasteiger partial charge in [0.1, 0.15) is 5.75 Å². The Bertz CT molecular complexity index is 1470. The normalized spacial score (nSPS) is 11.0. The maximum atomic E-state index is 13.5. The molecule has 0 aliphatic carbocycles. The molecule has 0 unspecified atom stereocenters. The molecule has 0 spiro atoms. The quantitative estimate of drug-likeness (QED) is 0.420. The van der Waals surface area contributed by atoms with Crippen molar-refractivity contribution in [1.82, 2.24) is 19.9 Å². The lowest BCUT2D eigenvalue weighted by Crippen LogP contribution is -2.13. The zero-order chi connectivity index (χ0) is 22.9. The first-order chi connectivity index (χ1) is 16.0. The molecule has 164 valence electrons. The number of carbonyl (C=O) groups is 1. The highest BCUT2D eigenvalue weighted by Gasteiger charge is 2.20. The van der Waals surface area contributed by atoms with E-state index in [9.17, 15) is 4.79 Å². The number of nitrogens with zero attached hydrogens (tertiary/aromatic N) is 4. The number of ether oxygens (including phenoxy) is 1. The van der Waals surface area contributed by atoms with Crippen molar-refractivity contribution in [3.8, 4) is 28.3 Å². The van der Waals surface area contributed by atoms with Crippen LogP contribution in [0.3, 0.4) is 0 Å². The minimum Gasteiger partial charge on any atom is -0.497 e. The predicted molar refractivity (Wildman–Crippen MR) is 125 cm³/mol. The molecule has 3 aromatic heterocycles. The maximum Gasteiger partial charge on any atom is 0.256 e. The molecule has 0 bridgehead atoms. The Kier molecular flexibility index (Phi) is 5.10. The Morgan fingerprint density at radius 3 is 2.67 bits per heavy atom. The van der Waals surface area contributed by atoms with E-state index >= 15 is 0 Å². The molecule has 0 radical (unpaired) electrons. The number of carbonyl (C=O) groups excluding carboxylic acids is 1. The van der Waals surface area contributed by atoms with Crippen LogP contribution in [0, 0.1) is 6.92 Å². The molecule has 0 atom stereocenters. The summed E-state index contributed by atoms with van der Waals surface area (Å²) in [7, 11) is 3.44. The van der Waals surface area contributed by atoms with E-state index in [-0.39, 0.29) is 5.91 Å². The highest BCUT2D eigenvalue weighted by atomic mass is 16.5. The monoisotopic (exact) mass is 439 g/mol. The van der Waals surface area contributed by atoms with Crippen LogP contribution in [0.1, 0.15) is 16.1 Å². The smallest absolute Gasteiger partial charge is 0.256 e. The van der Waals surface area contributed by atoms with E-state index in [1.54, 1.807) is 30.1 Å². The average molecular weight is 439 g/mol. The number of rotatable bonds is 5. The second-order valence-corrected chi connectivity index (χ2v) is 7.61. The van der Waals surface area contributed by atoms with Gasteiger partial charge in [-0.25, -0.2) is 4.98 Å². The van der Waals surface area contributed by atoms with Crippen molar-refractivity contribution in [2.45, 2.75) is 6.92 Å². The second-order valence-electron chi connectivity index (χ2n) is 7.61. The number of anilines is 1. The van der Waals surface area contributed by atoms with Crippen LogP contribution < -0.4 is 10.1 Å². The first-order valence-corrected chi connectivity index (χ1v) is 10.3. The maximum absolute atomic E-state index is 13.5. The highest BCUT2D eigenvalue weighted by molar-refractivity contribution is 6.13. The summed E-state index contributed by atoms with van der Waals surface area (Å²) < 4.78 is 12.3. The zero-order valence-electron chi connectivity index (χ0n) is 18.4. The third-order valence-electron chi connectivity index (χ3n) is 5.42. The van der Waals surface area contributed by atoms with Crippen molar-refractivity contribution in [2.24, 2.45) is 7.05 Å². The lowest BCUT2D eigenvalue weighted by molar-refractivity contribution is 0.102. The van der Waals surface area contributed by atoms with Crippen molar-refractivity contribution in [2.75, 3.05) is 12.4 Å². The second kappa shape index (κ2) is 8.23. The van der Waals surface area contributed by atoms with E-state index in [0.717, 1.165) is 16.8 Å². The van der Waals surface area contributed by atoms with Gasteiger partial charge >= 0.3 is 0 Å². The van der Waals surface area contributed by atoms with E-state index in [2.05, 4.69) is 15.6 Å². The molecule has 3 heterocycles. The van der Waals surface area contributed by atoms with Crippen LogP contribution in [-0.4, -0.2) is 32.9 Å². The summed E-state index contributed by atoms with van der Waals surface area (Å²) in [4.78, 5) is 18.2. The summed E-state index contributed by atoms with van der Waals surface area (Å²) >= 11 is 0. The predicted octanol–water partition coefficient (Wildman–Crippen LogP) is 4.86. The number of aromatic nitrogens is 4. The number of methoxy groups -OCH3 is 1. The standard InChI is InChI=1S/C25H21N5O3/c1-15-23-20(25(31)27-18-8-4-7-17(12-18)22-10-11-26-33-22)14-21(28-24(23)30(2)29-15)16-6-5-9-19(13-16)32-3/h4-14H,1-3H3,(H,27,31). The van der Waals surface area contributed by atoms with Crippen molar-refractivity contribution >= 4 is 22.6 Å².